The molecule has 4 fully saturated rings. The van der Waals surface area contributed by atoms with Gasteiger partial charge >= 0.3 is 0 Å². The molecule has 0 heterocycles. The van der Waals surface area contributed by atoms with Gasteiger partial charge in [-0.1, -0.05) is 51.5 Å². The van der Waals surface area contributed by atoms with Gasteiger partial charge in [0.1, 0.15) is 0 Å². The topological polar surface area (TPSA) is 0 Å². The van der Waals surface area contributed by atoms with E-state index in [1.807, 2.05) is 0 Å². The van der Waals surface area contributed by atoms with Crippen LogP contribution in [0.2, 0.25) is 0 Å². The zero-order valence-electron chi connectivity index (χ0n) is 14.1. The summed E-state index contributed by atoms with van der Waals surface area (Å²) < 4.78 is 0. The van der Waals surface area contributed by atoms with Crippen molar-refractivity contribution >= 4 is 0 Å². The summed E-state index contributed by atoms with van der Waals surface area (Å²) in [5, 5.41) is 0. The molecule has 6 rings (SSSR count). The average Bonchev–Trinajstić information content (AvgIpc) is 2.38. The Morgan fingerprint density at radius 2 is 1.60 bits per heavy atom. The minimum absolute atomic E-state index is 0.606. The van der Waals surface area contributed by atoms with E-state index in [0.717, 1.165) is 23.7 Å². The molecule has 0 aromatic heterocycles. The summed E-state index contributed by atoms with van der Waals surface area (Å²) in [7, 11) is 0. The van der Waals surface area contributed by atoms with Gasteiger partial charge in [-0.15, -0.1) is 0 Å². The first-order valence-electron chi connectivity index (χ1n) is 8.59. The van der Waals surface area contributed by atoms with E-state index in [4.69, 9.17) is 0 Å². The molecule has 0 spiro atoms. The Hall–Kier alpha value is -0.520. The van der Waals surface area contributed by atoms with Crippen LogP contribution in [0.5, 0.6) is 0 Å². The molecular formula is C20H32. The van der Waals surface area contributed by atoms with Crippen molar-refractivity contribution < 1.29 is 0 Å². The predicted octanol–water partition coefficient (Wildman–Crippen LogP) is 6.00. The van der Waals surface area contributed by atoms with E-state index in [9.17, 15) is 0 Å². The lowest BCUT2D eigenvalue weighted by molar-refractivity contribution is -0.0273. The molecule has 20 heavy (non-hydrogen) atoms. The van der Waals surface area contributed by atoms with Gasteiger partial charge in [0, 0.05) is 0 Å². The molecule has 0 nitrogen and oxygen atoms in total. The predicted molar refractivity (Wildman–Crippen MR) is 87.5 cm³/mol. The fourth-order valence-corrected chi connectivity index (χ4v) is 5.39. The lowest BCUT2D eigenvalue weighted by Gasteiger charge is -2.57. The minimum atomic E-state index is 0.606. The number of allylic oxidation sites excluding steroid dienone is 3. The second-order valence-electron chi connectivity index (χ2n) is 8.99. The van der Waals surface area contributed by atoms with Crippen LogP contribution in [0.1, 0.15) is 66.7 Å². The molecule has 4 saturated carbocycles. The first kappa shape index (κ1) is 14.4. The lowest BCUT2D eigenvalue weighted by atomic mass is 9.47. The van der Waals surface area contributed by atoms with Crippen molar-refractivity contribution in [1.82, 2.24) is 0 Å². The molecule has 6 aliphatic rings. The van der Waals surface area contributed by atoms with Crippen molar-refractivity contribution in [2.75, 3.05) is 0 Å². The first-order chi connectivity index (χ1) is 9.24. The normalized spacial score (nSPS) is 42.5. The number of rotatable bonds is 0. The second-order valence-corrected chi connectivity index (χ2v) is 8.99. The van der Waals surface area contributed by atoms with Crippen molar-refractivity contribution in [3.8, 4) is 0 Å². The van der Waals surface area contributed by atoms with Crippen LogP contribution in [0.3, 0.4) is 0 Å². The van der Waals surface area contributed by atoms with Crippen molar-refractivity contribution in [2.24, 2.45) is 34.5 Å². The summed E-state index contributed by atoms with van der Waals surface area (Å²) in [6.45, 7) is 16.1. The Kier molecular flexibility index (Phi) is 3.23. The summed E-state index contributed by atoms with van der Waals surface area (Å²) in [5.74, 6) is 3.81. The highest BCUT2D eigenvalue weighted by molar-refractivity contribution is 5.21. The van der Waals surface area contributed by atoms with E-state index in [-0.39, 0.29) is 0 Å². The molecule has 0 heteroatoms. The molecule has 0 unspecified atom stereocenters. The van der Waals surface area contributed by atoms with Gasteiger partial charge in [0.25, 0.3) is 0 Å². The second kappa shape index (κ2) is 4.49. The Bertz CT molecular complexity index is 445. The van der Waals surface area contributed by atoms with Crippen LogP contribution in [0.4, 0.5) is 0 Å². The highest BCUT2D eigenvalue weighted by Crippen LogP contribution is 2.60. The van der Waals surface area contributed by atoms with Crippen LogP contribution in [0.25, 0.3) is 0 Å². The molecule has 0 aliphatic heterocycles. The molecule has 4 atom stereocenters. The summed E-state index contributed by atoms with van der Waals surface area (Å²) in [4.78, 5) is 0. The fourth-order valence-electron chi connectivity index (χ4n) is 5.39. The van der Waals surface area contributed by atoms with Gasteiger partial charge < -0.3 is 0 Å². The van der Waals surface area contributed by atoms with Crippen LogP contribution in [0.15, 0.2) is 23.8 Å². The summed E-state index contributed by atoms with van der Waals surface area (Å²) >= 11 is 0. The maximum absolute atomic E-state index is 4.13. The van der Waals surface area contributed by atoms with E-state index in [1.54, 1.807) is 5.57 Å². The van der Waals surface area contributed by atoms with Gasteiger partial charge in [-0.25, -0.2) is 0 Å². The van der Waals surface area contributed by atoms with E-state index in [0.29, 0.717) is 10.8 Å². The van der Waals surface area contributed by atoms with Crippen LogP contribution in [-0.2, 0) is 0 Å². The van der Waals surface area contributed by atoms with Crippen molar-refractivity contribution in [2.45, 2.75) is 66.7 Å². The third kappa shape index (κ3) is 1.94. The minimum Gasteiger partial charge on any atom is -0.0996 e. The number of hydrogen-bond donors (Lipinski definition) is 0. The quantitative estimate of drug-likeness (QED) is 0.475. The largest absolute Gasteiger partial charge is 0.0996 e. The maximum Gasteiger partial charge on any atom is -0.0149 e. The van der Waals surface area contributed by atoms with Crippen molar-refractivity contribution in [3.05, 3.63) is 23.8 Å². The van der Waals surface area contributed by atoms with Gasteiger partial charge in [0.2, 0.25) is 0 Å². The lowest BCUT2D eigenvalue weighted by Crippen LogP contribution is -2.48. The van der Waals surface area contributed by atoms with E-state index >= 15 is 0 Å². The van der Waals surface area contributed by atoms with Gasteiger partial charge in [-0.05, 0) is 73.5 Å². The molecule has 0 amide bonds. The van der Waals surface area contributed by atoms with Crippen LogP contribution >= 0.6 is 0 Å². The monoisotopic (exact) mass is 272 g/mol. The van der Waals surface area contributed by atoms with Gasteiger partial charge in [-0.2, -0.15) is 0 Å². The molecule has 112 valence electrons. The highest BCUT2D eigenvalue weighted by atomic mass is 14.6. The van der Waals surface area contributed by atoms with E-state index < -0.39 is 0 Å². The Morgan fingerprint density at radius 1 is 1.00 bits per heavy atom. The number of hydrogen-bond acceptors (Lipinski definition) is 0. The maximum atomic E-state index is 4.13. The summed E-state index contributed by atoms with van der Waals surface area (Å²) in [5.41, 5.74) is 4.41. The Morgan fingerprint density at radius 3 is 1.90 bits per heavy atom. The van der Waals surface area contributed by atoms with Crippen molar-refractivity contribution in [3.63, 3.8) is 0 Å². The van der Waals surface area contributed by atoms with Crippen molar-refractivity contribution in [1.29, 1.82) is 0 Å². The third-order valence-corrected chi connectivity index (χ3v) is 7.52. The zero-order valence-corrected chi connectivity index (χ0v) is 14.1. The fraction of sp³-hybridized carbons (Fsp3) is 0.800. The standard InChI is InChI=1S/2C10H16/c2*1-7-4-5-8-6-9(7)10(8,2)3/h4,8-9H,5-6H2,1-3H3;8-9H,1,4-6H2,2-3H3/t2*8-,9-/m00/s1. The Labute approximate surface area is 125 Å². The zero-order chi connectivity index (χ0) is 14.7. The molecule has 0 aromatic carbocycles. The van der Waals surface area contributed by atoms with Crippen LogP contribution < -0.4 is 0 Å². The van der Waals surface area contributed by atoms with Gasteiger partial charge in [0.05, 0.1) is 0 Å². The first-order valence-corrected chi connectivity index (χ1v) is 8.59. The van der Waals surface area contributed by atoms with E-state index in [2.05, 4.69) is 47.3 Å². The molecule has 0 radical (unpaired) electrons. The number of fused-ring (bicyclic) bond motifs is 3. The Balaban J connectivity index is 0.000000121. The summed E-state index contributed by atoms with van der Waals surface area (Å²) in [6.07, 6.45) is 9.39. The molecule has 6 aliphatic carbocycles. The molecule has 4 bridgehead atoms. The van der Waals surface area contributed by atoms with Gasteiger partial charge in [-0.3, -0.25) is 0 Å². The molecule has 0 N–H and O–H groups in total. The molecule has 0 saturated heterocycles. The molecule has 0 aromatic rings. The average molecular weight is 272 g/mol. The van der Waals surface area contributed by atoms with Crippen LogP contribution in [0, 0.1) is 34.5 Å². The highest BCUT2D eigenvalue weighted by Gasteiger charge is 2.51. The SMILES string of the molecule is C=C1CC[C@H]2C[C@@H]1C2(C)C.CC1=CC[C@H]2C[C@@H]1C2(C)C. The summed E-state index contributed by atoms with van der Waals surface area (Å²) in [6, 6.07) is 0. The van der Waals surface area contributed by atoms with E-state index in [1.165, 1.54) is 37.7 Å². The molecular weight excluding hydrogens is 240 g/mol. The van der Waals surface area contributed by atoms with Gasteiger partial charge in [0.15, 0.2) is 0 Å². The third-order valence-electron chi connectivity index (χ3n) is 7.52. The van der Waals surface area contributed by atoms with Crippen LogP contribution in [-0.4, -0.2) is 0 Å². The smallest absolute Gasteiger partial charge is 0.0149 e.